The van der Waals surface area contributed by atoms with Gasteiger partial charge in [-0.3, -0.25) is 4.79 Å². The van der Waals surface area contributed by atoms with Crippen LogP contribution in [0, 0.1) is 0 Å². The summed E-state index contributed by atoms with van der Waals surface area (Å²) in [7, 11) is 0. The number of carbonyl (C=O) groups is 1. The van der Waals surface area contributed by atoms with Crippen molar-refractivity contribution < 1.29 is 4.79 Å². The molecule has 0 saturated carbocycles. The average Bonchev–Trinajstić information content (AvgIpc) is 2.39. The number of hydrogen-bond donors (Lipinski definition) is 0. The Labute approximate surface area is 122 Å². The van der Waals surface area contributed by atoms with Crippen LogP contribution in [-0.4, -0.2) is 5.78 Å². The zero-order valence-corrected chi connectivity index (χ0v) is 13.5. The van der Waals surface area contributed by atoms with Crippen LogP contribution in [0.2, 0.25) is 0 Å². The van der Waals surface area contributed by atoms with Gasteiger partial charge in [0.25, 0.3) is 0 Å². The Hall–Kier alpha value is -1.11. The highest BCUT2D eigenvalue weighted by atomic mass is 16.1. The molecule has 1 aromatic rings. The van der Waals surface area contributed by atoms with E-state index in [2.05, 4.69) is 46.8 Å². The molecule has 0 heterocycles. The second kappa shape index (κ2) is 4.19. The number of benzene rings is 1. The predicted octanol–water partition coefficient (Wildman–Crippen LogP) is 5.12. The molecule has 2 aliphatic rings. The van der Waals surface area contributed by atoms with Gasteiger partial charge in [0, 0.05) is 12.0 Å². The molecule has 0 N–H and O–H groups in total. The van der Waals surface area contributed by atoms with E-state index in [1.807, 2.05) is 0 Å². The maximum absolute atomic E-state index is 12.3. The van der Waals surface area contributed by atoms with Crippen LogP contribution in [0.4, 0.5) is 0 Å². The first-order chi connectivity index (χ1) is 9.22. The van der Waals surface area contributed by atoms with E-state index in [1.54, 1.807) is 0 Å². The molecular formula is C19H26O. The maximum atomic E-state index is 12.3. The fourth-order valence-corrected chi connectivity index (χ4v) is 3.92. The van der Waals surface area contributed by atoms with E-state index in [0.717, 1.165) is 18.4 Å². The minimum Gasteiger partial charge on any atom is -0.294 e. The third kappa shape index (κ3) is 1.94. The van der Waals surface area contributed by atoms with E-state index in [1.165, 1.54) is 29.5 Å². The number of ketones is 1. The topological polar surface area (TPSA) is 17.1 Å². The Morgan fingerprint density at radius 1 is 1.00 bits per heavy atom. The van der Waals surface area contributed by atoms with Gasteiger partial charge in [-0.2, -0.15) is 0 Å². The molecular weight excluding hydrogens is 244 g/mol. The van der Waals surface area contributed by atoms with Crippen LogP contribution in [0.15, 0.2) is 12.1 Å². The largest absolute Gasteiger partial charge is 0.294 e. The van der Waals surface area contributed by atoms with Gasteiger partial charge in [0.05, 0.1) is 0 Å². The standard InChI is InChI=1S/C19H26O/c1-12-6-7-17(20)14-11-16-15(10-13(12)14)18(2,3)8-9-19(16,4)5/h10-12H,6-9H2,1-5H3. The molecule has 1 aromatic carbocycles. The summed E-state index contributed by atoms with van der Waals surface area (Å²) < 4.78 is 0. The summed E-state index contributed by atoms with van der Waals surface area (Å²) >= 11 is 0. The molecule has 3 rings (SSSR count). The van der Waals surface area contributed by atoms with Crippen molar-refractivity contribution >= 4 is 5.78 Å². The van der Waals surface area contributed by atoms with Gasteiger partial charge < -0.3 is 0 Å². The van der Waals surface area contributed by atoms with E-state index in [-0.39, 0.29) is 10.8 Å². The van der Waals surface area contributed by atoms with Gasteiger partial charge in [-0.1, -0.05) is 40.7 Å². The van der Waals surface area contributed by atoms with Crippen LogP contribution in [0.1, 0.15) is 93.3 Å². The maximum Gasteiger partial charge on any atom is 0.163 e. The van der Waals surface area contributed by atoms with Crippen LogP contribution in [0.3, 0.4) is 0 Å². The highest BCUT2D eigenvalue weighted by Crippen LogP contribution is 2.48. The molecule has 0 radical (unpaired) electrons. The van der Waals surface area contributed by atoms with Gasteiger partial charge in [-0.05, 0) is 58.8 Å². The Kier molecular flexibility index (Phi) is 2.90. The summed E-state index contributed by atoms with van der Waals surface area (Å²) in [5.74, 6) is 0.869. The van der Waals surface area contributed by atoms with Crippen molar-refractivity contribution in [2.24, 2.45) is 0 Å². The van der Waals surface area contributed by atoms with E-state index in [9.17, 15) is 4.79 Å². The summed E-state index contributed by atoms with van der Waals surface area (Å²) in [5, 5.41) is 0. The van der Waals surface area contributed by atoms with Crippen LogP contribution in [0.5, 0.6) is 0 Å². The number of hydrogen-bond acceptors (Lipinski definition) is 1. The highest BCUT2D eigenvalue weighted by Gasteiger charge is 2.39. The summed E-state index contributed by atoms with van der Waals surface area (Å²) in [6.45, 7) is 11.6. The van der Waals surface area contributed by atoms with Gasteiger partial charge >= 0.3 is 0 Å². The second-order valence-electron chi connectivity index (χ2n) is 8.12. The van der Waals surface area contributed by atoms with Crippen LogP contribution in [-0.2, 0) is 10.8 Å². The smallest absolute Gasteiger partial charge is 0.163 e. The lowest BCUT2D eigenvalue weighted by Crippen LogP contribution is -2.35. The van der Waals surface area contributed by atoms with Crippen molar-refractivity contribution in [3.8, 4) is 0 Å². The lowest BCUT2D eigenvalue weighted by molar-refractivity contribution is 0.0967. The van der Waals surface area contributed by atoms with Gasteiger partial charge in [0.15, 0.2) is 5.78 Å². The van der Waals surface area contributed by atoms with Crippen molar-refractivity contribution in [2.75, 3.05) is 0 Å². The molecule has 0 aromatic heterocycles. The number of carbonyl (C=O) groups excluding carboxylic acids is 1. The van der Waals surface area contributed by atoms with Crippen molar-refractivity contribution in [2.45, 2.75) is 77.0 Å². The lowest BCUT2D eigenvalue weighted by Gasteiger charge is -2.43. The third-order valence-electron chi connectivity index (χ3n) is 5.66. The molecule has 1 atom stereocenters. The van der Waals surface area contributed by atoms with Gasteiger partial charge in [0.2, 0.25) is 0 Å². The van der Waals surface area contributed by atoms with E-state index in [4.69, 9.17) is 0 Å². The minimum atomic E-state index is 0.195. The molecule has 0 amide bonds. The lowest BCUT2D eigenvalue weighted by atomic mass is 9.61. The van der Waals surface area contributed by atoms with Gasteiger partial charge in [-0.25, -0.2) is 0 Å². The van der Waals surface area contributed by atoms with Crippen molar-refractivity contribution in [3.05, 3.63) is 34.4 Å². The predicted molar refractivity (Wildman–Crippen MR) is 83.7 cm³/mol. The molecule has 0 bridgehead atoms. The highest BCUT2D eigenvalue weighted by molar-refractivity contribution is 5.99. The van der Waals surface area contributed by atoms with E-state index < -0.39 is 0 Å². The molecule has 108 valence electrons. The van der Waals surface area contributed by atoms with E-state index in [0.29, 0.717) is 11.7 Å². The molecule has 0 saturated heterocycles. The van der Waals surface area contributed by atoms with Gasteiger partial charge in [-0.15, -0.1) is 0 Å². The second-order valence-corrected chi connectivity index (χ2v) is 8.12. The molecule has 2 aliphatic carbocycles. The van der Waals surface area contributed by atoms with Crippen LogP contribution in [0.25, 0.3) is 0 Å². The van der Waals surface area contributed by atoms with Crippen molar-refractivity contribution in [1.82, 2.24) is 0 Å². The molecule has 0 aliphatic heterocycles. The fraction of sp³-hybridized carbons (Fsp3) is 0.632. The summed E-state index contributed by atoms with van der Waals surface area (Å²) in [5.41, 5.74) is 5.63. The zero-order chi connectivity index (χ0) is 14.7. The van der Waals surface area contributed by atoms with Crippen molar-refractivity contribution in [3.63, 3.8) is 0 Å². The van der Waals surface area contributed by atoms with Crippen molar-refractivity contribution in [1.29, 1.82) is 0 Å². The third-order valence-corrected chi connectivity index (χ3v) is 5.66. The monoisotopic (exact) mass is 270 g/mol. The summed E-state index contributed by atoms with van der Waals surface area (Å²) in [6, 6.07) is 4.61. The Morgan fingerprint density at radius 2 is 1.55 bits per heavy atom. The zero-order valence-electron chi connectivity index (χ0n) is 13.5. The fourth-order valence-electron chi connectivity index (χ4n) is 3.92. The molecule has 1 nitrogen and oxygen atoms in total. The number of rotatable bonds is 0. The number of fused-ring (bicyclic) bond motifs is 2. The first-order valence-electron chi connectivity index (χ1n) is 7.94. The Bertz CT molecular complexity index is 578. The molecule has 0 fully saturated rings. The molecule has 1 unspecified atom stereocenters. The van der Waals surface area contributed by atoms with Crippen LogP contribution < -0.4 is 0 Å². The summed E-state index contributed by atoms with van der Waals surface area (Å²) in [6.07, 6.45) is 4.16. The Balaban J connectivity index is 2.28. The molecule has 1 heteroatoms. The quantitative estimate of drug-likeness (QED) is 0.640. The number of Topliss-reactive ketones (excluding diaryl/α,β-unsaturated/α-hetero) is 1. The minimum absolute atomic E-state index is 0.195. The molecule has 0 spiro atoms. The van der Waals surface area contributed by atoms with E-state index >= 15 is 0 Å². The SMILES string of the molecule is CC1CCC(=O)c2cc3c(cc21)C(C)(C)CCC3(C)C. The molecule has 20 heavy (non-hydrogen) atoms. The first kappa shape index (κ1) is 13.9. The van der Waals surface area contributed by atoms with Crippen LogP contribution >= 0.6 is 0 Å². The van der Waals surface area contributed by atoms with Gasteiger partial charge in [0.1, 0.15) is 0 Å². The summed E-state index contributed by atoms with van der Waals surface area (Å²) in [4.78, 5) is 12.3. The Morgan fingerprint density at radius 3 is 2.15 bits per heavy atom. The first-order valence-corrected chi connectivity index (χ1v) is 7.94. The normalized spacial score (nSPS) is 26.9. The average molecular weight is 270 g/mol.